The van der Waals surface area contributed by atoms with E-state index in [4.69, 9.17) is 0 Å². The van der Waals surface area contributed by atoms with Crippen molar-refractivity contribution in [3.05, 3.63) is 47.8 Å². The summed E-state index contributed by atoms with van der Waals surface area (Å²) in [5, 5.41) is 7.48. The number of rotatable bonds is 7. The van der Waals surface area contributed by atoms with Crippen molar-refractivity contribution in [2.24, 2.45) is 22.2 Å². The van der Waals surface area contributed by atoms with Crippen LogP contribution in [0.5, 0.6) is 0 Å². The smallest absolute Gasteiger partial charge is 0.256 e. The Morgan fingerprint density at radius 1 is 1.43 bits per heavy atom. The van der Waals surface area contributed by atoms with Crippen molar-refractivity contribution in [2.75, 3.05) is 5.32 Å². The molecule has 0 radical (unpaired) electrons. The minimum atomic E-state index is -0.115. The molecule has 1 aromatic heterocycles. The van der Waals surface area contributed by atoms with E-state index in [2.05, 4.69) is 62.2 Å². The Bertz CT molecular complexity index is 813. The molecule has 5 nitrogen and oxygen atoms in total. The summed E-state index contributed by atoms with van der Waals surface area (Å²) in [6.45, 7) is 14.7. The van der Waals surface area contributed by atoms with Gasteiger partial charge in [-0.15, -0.1) is 0 Å². The number of nitrogens with zero attached hydrogens (tertiary/aromatic N) is 3. The lowest BCUT2D eigenvalue weighted by molar-refractivity contribution is -0.112. The molecule has 0 aromatic carbocycles. The van der Waals surface area contributed by atoms with Gasteiger partial charge in [0.1, 0.15) is 0 Å². The molecule has 3 atom stereocenters. The van der Waals surface area contributed by atoms with Crippen molar-refractivity contribution in [1.29, 1.82) is 0 Å². The van der Waals surface area contributed by atoms with Crippen LogP contribution in [0.2, 0.25) is 0 Å². The SMILES string of the molecule is C/C=C\N=C/CC(C)[C@]1(C)C=C(C(=O)Nc2nn(C(C)C)cc2C)C=CC1C. The van der Waals surface area contributed by atoms with E-state index in [1.807, 2.05) is 43.1 Å². The van der Waals surface area contributed by atoms with Gasteiger partial charge in [-0.25, -0.2) is 0 Å². The summed E-state index contributed by atoms with van der Waals surface area (Å²) in [7, 11) is 0. The molecule has 1 aliphatic carbocycles. The van der Waals surface area contributed by atoms with Gasteiger partial charge in [-0.2, -0.15) is 5.10 Å². The largest absolute Gasteiger partial charge is 0.305 e. The van der Waals surface area contributed by atoms with E-state index in [1.165, 1.54) is 0 Å². The molecule has 0 bridgehead atoms. The number of aliphatic imine (C=N–C) groups is 1. The second-order valence-corrected chi connectivity index (χ2v) is 8.25. The number of amides is 1. The third-order valence-corrected chi connectivity index (χ3v) is 5.81. The average molecular weight is 383 g/mol. The number of nitrogens with one attached hydrogen (secondary N) is 1. The fourth-order valence-corrected chi connectivity index (χ4v) is 3.37. The zero-order valence-electron chi connectivity index (χ0n) is 18.2. The summed E-state index contributed by atoms with van der Waals surface area (Å²) in [6, 6.07) is 0.257. The molecule has 0 spiro atoms. The summed E-state index contributed by atoms with van der Waals surface area (Å²) in [4.78, 5) is 17.2. The van der Waals surface area contributed by atoms with Crippen LogP contribution in [-0.2, 0) is 4.79 Å². The molecule has 1 aromatic rings. The summed E-state index contributed by atoms with van der Waals surface area (Å²) < 4.78 is 1.87. The molecular formula is C23H34N4O. The van der Waals surface area contributed by atoms with Crippen molar-refractivity contribution in [3.63, 3.8) is 0 Å². The van der Waals surface area contributed by atoms with Crippen molar-refractivity contribution in [2.45, 2.75) is 60.9 Å². The molecule has 0 saturated carbocycles. The van der Waals surface area contributed by atoms with E-state index in [9.17, 15) is 4.79 Å². The normalized spacial score (nSPS) is 23.6. The minimum Gasteiger partial charge on any atom is -0.305 e. The second kappa shape index (κ2) is 9.18. The molecule has 1 amide bonds. The lowest BCUT2D eigenvalue weighted by atomic mass is 9.65. The first-order chi connectivity index (χ1) is 13.2. The minimum absolute atomic E-state index is 0.110. The number of hydrogen-bond acceptors (Lipinski definition) is 3. The van der Waals surface area contributed by atoms with E-state index >= 15 is 0 Å². The summed E-state index contributed by atoms with van der Waals surface area (Å²) in [6.07, 6.45) is 14.7. The van der Waals surface area contributed by atoms with E-state index in [0.717, 1.165) is 12.0 Å². The van der Waals surface area contributed by atoms with Gasteiger partial charge in [0.15, 0.2) is 5.82 Å². The Hall–Kier alpha value is -2.43. The fourth-order valence-electron chi connectivity index (χ4n) is 3.37. The van der Waals surface area contributed by atoms with Crippen molar-refractivity contribution >= 4 is 17.9 Å². The lowest BCUT2D eigenvalue weighted by Gasteiger charge is -2.39. The number of anilines is 1. The second-order valence-electron chi connectivity index (χ2n) is 8.25. The van der Waals surface area contributed by atoms with Crippen LogP contribution in [0.4, 0.5) is 5.82 Å². The third-order valence-electron chi connectivity index (χ3n) is 5.81. The highest BCUT2D eigenvalue weighted by atomic mass is 16.1. The maximum absolute atomic E-state index is 12.9. The van der Waals surface area contributed by atoms with Crippen LogP contribution in [-0.4, -0.2) is 21.9 Å². The number of allylic oxidation sites excluding steroid dienone is 3. The summed E-state index contributed by atoms with van der Waals surface area (Å²) in [5.74, 6) is 1.21. The molecule has 28 heavy (non-hydrogen) atoms. The number of aryl methyl sites for hydroxylation is 1. The summed E-state index contributed by atoms with van der Waals surface area (Å²) >= 11 is 0. The van der Waals surface area contributed by atoms with Gasteiger partial charge in [-0.1, -0.05) is 45.1 Å². The van der Waals surface area contributed by atoms with Crippen molar-refractivity contribution < 1.29 is 4.79 Å². The zero-order valence-corrected chi connectivity index (χ0v) is 18.2. The van der Waals surface area contributed by atoms with E-state index in [-0.39, 0.29) is 17.4 Å². The first kappa shape index (κ1) is 21.9. The van der Waals surface area contributed by atoms with Crippen LogP contribution < -0.4 is 5.32 Å². The topological polar surface area (TPSA) is 59.3 Å². The number of aromatic nitrogens is 2. The standard InChI is InChI=1S/C23H34N4O/c1-8-12-24-13-11-19(6)23(7)14-20(10-9-18(23)5)22(28)25-21-17(4)15-27(26-21)16(2)3/h8-10,12-16,18-19H,11H2,1-7H3,(H,25,26,28)/b12-8-,24-13-/t18?,19?,23-/m1/s1. The zero-order chi connectivity index (χ0) is 20.9. The van der Waals surface area contributed by atoms with Crippen molar-refractivity contribution in [3.8, 4) is 0 Å². The van der Waals surface area contributed by atoms with Gasteiger partial charge in [-0.3, -0.25) is 14.5 Å². The molecule has 1 heterocycles. The summed E-state index contributed by atoms with van der Waals surface area (Å²) in [5.41, 5.74) is 1.54. The van der Waals surface area contributed by atoms with Crippen LogP contribution >= 0.6 is 0 Å². The van der Waals surface area contributed by atoms with Gasteiger partial charge in [0.25, 0.3) is 5.91 Å². The monoisotopic (exact) mass is 382 g/mol. The van der Waals surface area contributed by atoms with Crippen LogP contribution in [0.1, 0.15) is 59.6 Å². The van der Waals surface area contributed by atoms with E-state index in [1.54, 1.807) is 6.20 Å². The molecule has 5 heteroatoms. The van der Waals surface area contributed by atoms with Gasteiger partial charge >= 0.3 is 0 Å². The Kier molecular flexibility index (Phi) is 7.17. The van der Waals surface area contributed by atoms with Crippen LogP contribution in [0.3, 0.4) is 0 Å². The van der Waals surface area contributed by atoms with Crippen LogP contribution in [0.15, 0.2) is 47.3 Å². The van der Waals surface area contributed by atoms with E-state index < -0.39 is 0 Å². The maximum Gasteiger partial charge on any atom is 0.256 e. The van der Waals surface area contributed by atoms with Gasteiger partial charge in [0.2, 0.25) is 0 Å². The third kappa shape index (κ3) is 4.89. The van der Waals surface area contributed by atoms with Gasteiger partial charge in [0, 0.05) is 35.8 Å². The Labute approximate surface area is 169 Å². The van der Waals surface area contributed by atoms with Crippen LogP contribution in [0.25, 0.3) is 0 Å². The fraction of sp³-hybridized carbons (Fsp3) is 0.522. The molecular weight excluding hydrogens is 348 g/mol. The van der Waals surface area contributed by atoms with Gasteiger partial charge in [0.05, 0.1) is 0 Å². The van der Waals surface area contributed by atoms with E-state index in [0.29, 0.717) is 23.2 Å². The Balaban J connectivity index is 2.19. The predicted molar refractivity (Wildman–Crippen MR) is 118 cm³/mol. The molecule has 0 saturated heterocycles. The highest BCUT2D eigenvalue weighted by Gasteiger charge is 2.36. The van der Waals surface area contributed by atoms with Crippen molar-refractivity contribution in [1.82, 2.24) is 9.78 Å². The molecule has 152 valence electrons. The van der Waals surface area contributed by atoms with Crippen LogP contribution in [0, 0.1) is 24.2 Å². The number of hydrogen-bond donors (Lipinski definition) is 1. The number of carbonyl (C=O) groups is 1. The Morgan fingerprint density at radius 2 is 2.14 bits per heavy atom. The lowest BCUT2D eigenvalue weighted by Crippen LogP contribution is -2.33. The predicted octanol–water partition coefficient (Wildman–Crippen LogP) is 5.48. The number of carbonyl (C=O) groups excluding carboxylic acids is 1. The molecule has 0 aliphatic heterocycles. The van der Waals surface area contributed by atoms with Gasteiger partial charge < -0.3 is 5.32 Å². The maximum atomic E-state index is 12.9. The molecule has 1 aliphatic rings. The first-order valence-electron chi connectivity index (χ1n) is 10.1. The highest BCUT2D eigenvalue weighted by molar-refractivity contribution is 6.05. The molecule has 0 fully saturated rings. The molecule has 2 rings (SSSR count). The van der Waals surface area contributed by atoms with Gasteiger partial charge in [-0.05, 0) is 51.4 Å². The molecule has 2 unspecified atom stereocenters. The Morgan fingerprint density at radius 3 is 2.75 bits per heavy atom. The first-order valence-corrected chi connectivity index (χ1v) is 10.1. The molecule has 1 N–H and O–H groups in total. The highest BCUT2D eigenvalue weighted by Crippen LogP contribution is 2.43. The average Bonchev–Trinajstić information content (AvgIpc) is 3.01. The quantitative estimate of drug-likeness (QED) is 0.635.